The molecule has 11 heteroatoms. The van der Waals surface area contributed by atoms with Crippen molar-refractivity contribution < 1.29 is 13.9 Å². The van der Waals surface area contributed by atoms with Crippen LogP contribution in [0.3, 0.4) is 0 Å². The van der Waals surface area contributed by atoms with E-state index in [1.165, 1.54) is 13.4 Å². The van der Waals surface area contributed by atoms with Crippen molar-refractivity contribution in [3.8, 4) is 17.1 Å². The molecule has 2 amide bonds. The molecule has 0 aromatic carbocycles. The number of rotatable bonds is 4. The zero-order chi connectivity index (χ0) is 25.2. The van der Waals surface area contributed by atoms with Gasteiger partial charge in [0.2, 0.25) is 5.88 Å². The van der Waals surface area contributed by atoms with E-state index < -0.39 is 6.17 Å². The molecule has 1 N–H and O–H groups in total. The first-order valence-corrected chi connectivity index (χ1v) is 12.0. The zero-order valence-electron chi connectivity index (χ0n) is 20.6. The van der Waals surface area contributed by atoms with Crippen LogP contribution in [-0.2, 0) is 0 Å². The minimum atomic E-state index is -0.833. The summed E-state index contributed by atoms with van der Waals surface area (Å²) in [6.45, 7) is 3.76. The smallest absolute Gasteiger partial charge is 0.328 e. The Kier molecular flexibility index (Phi) is 6.53. The van der Waals surface area contributed by atoms with Gasteiger partial charge in [0.15, 0.2) is 5.82 Å². The number of anilines is 4. The van der Waals surface area contributed by atoms with Crippen molar-refractivity contribution >= 4 is 29.2 Å². The second-order valence-corrected chi connectivity index (χ2v) is 9.08. The minimum absolute atomic E-state index is 0.112. The molecule has 0 spiro atoms. The summed E-state index contributed by atoms with van der Waals surface area (Å²) in [4.78, 5) is 36.8. The van der Waals surface area contributed by atoms with Crippen molar-refractivity contribution in [1.29, 1.82) is 0 Å². The molecule has 2 aliphatic rings. The van der Waals surface area contributed by atoms with Gasteiger partial charge in [0, 0.05) is 44.0 Å². The Morgan fingerprint density at radius 2 is 2.00 bits per heavy atom. The third-order valence-corrected chi connectivity index (χ3v) is 6.62. The summed E-state index contributed by atoms with van der Waals surface area (Å²) >= 11 is 0. The molecule has 1 saturated heterocycles. The van der Waals surface area contributed by atoms with Crippen LogP contribution in [0.4, 0.5) is 32.3 Å². The fourth-order valence-electron chi connectivity index (χ4n) is 4.58. The van der Waals surface area contributed by atoms with Gasteiger partial charge in [0.25, 0.3) is 0 Å². The Morgan fingerprint density at radius 3 is 2.78 bits per heavy atom. The molecular formula is C25H29FN8O2. The van der Waals surface area contributed by atoms with Gasteiger partial charge < -0.3 is 14.5 Å². The lowest BCUT2D eigenvalue weighted by molar-refractivity contribution is 0.255. The highest BCUT2D eigenvalue weighted by Crippen LogP contribution is 2.35. The topological polar surface area (TPSA) is 99.6 Å². The van der Waals surface area contributed by atoms with Crippen LogP contribution in [0.25, 0.3) is 11.3 Å². The second-order valence-electron chi connectivity index (χ2n) is 9.08. The highest BCUT2D eigenvalue weighted by molar-refractivity contribution is 6.03. The summed E-state index contributed by atoms with van der Waals surface area (Å²) in [6, 6.07) is 8.84. The molecule has 5 heterocycles. The normalized spacial score (nSPS) is 19.6. The predicted octanol–water partition coefficient (Wildman–Crippen LogP) is 3.76. The maximum atomic E-state index is 13.8. The monoisotopic (exact) mass is 492 g/mol. The van der Waals surface area contributed by atoms with Crippen molar-refractivity contribution in [2.24, 2.45) is 0 Å². The van der Waals surface area contributed by atoms with Crippen LogP contribution in [-0.4, -0.2) is 72.0 Å². The van der Waals surface area contributed by atoms with Gasteiger partial charge in [-0.25, -0.2) is 29.1 Å². The molecule has 0 aliphatic carbocycles. The van der Waals surface area contributed by atoms with Crippen molar-refractivity contribution in [1.82, 2.24) is 19.9 Å². The summed E-state index contributed by atoms with van der Waals surface area (Å²) in [5, 5.41) is 2.86. The number of pyridine rings is 2. The van der Waals surface area contributed by atoms with E-state index in [0.29, 0.717) is 42.7 Å². The van der Waals surface area contributed by atoms with E-state index in [0.717, 1.165) is 30.0 Å². The molecule has 0 radical (unpaired) electrons. The Labute approximate surface area is 209 Å². The highest BCUT2D eigenvalue weighted by Gasteiger charge is 2.31. The molecule has 0 unspecified atom stereocenters. The fraction of sp³-hybridized carbons (Fsp3) is 0.400. The number of hydrogen-bond donors (Lipinski definition) is 1. The van der Waals surface area contributed by atoms with Gasteiger partial charge in [-0.05, 0) is 44.0 Å². The largest absolute Gasteiger partial charge is 0.481 e. The van der Waals surface area contributed by atoms with E-state index in [-0.39, 0.29) is 12.1 Å². The molecule has 3 aromatic rings. The van der Waals surface area contributed by atoms with E-state index in [4.69, 9.17) is 9.72 Å². The average molecular weight is 493 g/mol. The maximum Gasteiger partial charge on any atom is 0.328 e. The van der Waals surface area contributed by atoms with Crippen LogP contribution in [0.1, 0.15) is 19.8 Å². The number of aromatic nitrogens is 4. The molecule has 188 valence electrons. The Balaban J connectivity index is 1.50. The molecular weight excluding hydrogens is 463 g/mol. The lowest BCUT2D eigenvalue weighted by Crippen LogP contribution is -2.42. The number of urea groups is 1. The molecule has 10 nitrogen and oxygen atoms in total. The van der Waals surface area contributed by atoms with Crippen molar-refractivity contribution in [3.63, 3.8) is 0 Å². The summed E-state index contributed by atoms with van der Waals surface area (Å²) in [6.07, 6.45) is 3.49. The number of amides is 2. The number of nitrogens with zero attached hydrogens (tertiary/aromatic N) is 7. The fourth-order valence-corrected chi connectivity index (χ4v) is 4.58. The number of halogens is 1. The van der Waals surface area contributed by atoms with E-state index in [9.17, 15) is 9.18 Å². The Bertz CT molecular complexity index is 1260. The first kappa shape index (κ1) is 23.7. The third-order valence-electron chi connectivity index (χ3n) is 6.62. The van der Waals surface area contributed by atoms with Crippen molar-refractivity contribution in [3.05, 3.63) is 42.9 Å². The first-order valence-electron chi connectivity index (χ1n) is 12.0. The summed E-state index contributed by atoms with van der Waals surface area (Å²) in [7, 11) is 3.50. The average Bonchev–Trinajstić information content (AvgIpc) is 3.28. The van der Waals surface area contributed by atoms with Crippen LogP contribution in [0, 0.1) is 0 Å². The quantitative estimate of drug-likeness (QED) is 0.588. The van der Waals surface area contributed by atoms with Gasteiger partial charge in [-0.3, -0.25) is 10.2 Å². The summed E-state index contributed by atoms with van der Waals surface area (Å²) in [5.74, 6) is 1.98. The van der Waals surface area contributed by atoms with Crippen LogP contribution < -0.4 is 24.8 Å². The number of methoxy groups -OCH3 is 1. The van der Waals surface area contributed by atoms with Crippen molar-refractivity contribution in [2.75, 3.05) is 53.8 Å². The molecule has 2 atom stereocenters. The lowest BCUT2D eigenvalue weighted by atomic mass is 10.1. The summed E-state index contributed by atoms with van der Waals surface area (Å²) < 4.78 is 18.9. The zero-order valence-corrected chi connectivity index (χ0v) is 20.6. The Hall–Kier alpha value is -4.02. The van der Waals surface area contributed by atoms with Gasteiger partial charge in [-0.15, -0.1) is 0 Å². The minimum Gasteiger partial charge on any atom is -0.481 e. The van der Waals surface area contributed by atoms with Crippen LogP contribution in [0.2, 0.25) is 0 Å². The molecule has 0 bridgehead atoms. The van der Waals surface area contributed by atoms with Gasteiger partial charge in [0.1, 0.15) is 24.1 Å². The van der Waals surface area contributed by atoms with Gasteiger partial charge in [-0.1, -0.05) is 0 Å². The number of hydrogen-bond acceptors (Lipinski definition) is 8. The van der Waals surface area contributed by atoms with Crippen molar-refractivity contribution in [2.45, 2.75) is 32.0 Å². The molecule has 5 rings (SSSR count). The van der Waals surface area contributed by atoms with Crippen LogP contribution in [0.15, 0.2) is 42.9 Å². The highest BCUT2D eigenvalue weighted by atomic mass is 19.1. The SMILES string of the molecule is COc1cc(NC(=O)N2c3nc(-c4ccnc(N5CC[C@H](F)C5)c4)ccc3N(C)CC[C@H]2C)ncn1. The third kappa shape index (κ3) is 4.73. The summed E-state index contributed by atoms with van der Waals surface area (Å²) in [5.41, 5.74) is 2.41. The standard InChI is InChI=1S/C25H29FN8O2/c1-16-7-10-32(2)20-5-4-19(17-6-9-27-22(12-17)33-11-8-18(26)14-33)30-24(20)34(16)25(35)31-21-13-23(36-3)29-15-28-21/h4-6,9,12-13,15-16,18H,7-8,10-11,14H2,1-3H3,(H,28,29,31,35)/t16-,18+/m1/s1. The number of alkyl halides is 1. The maximum absolute atomic E-state index is 13.8. The molecule has 36 heavy (non-hydrogen) atoms. The van der Waals surface area contributed by atoms with E-state index in [2.05, 4.69) is 25.2 Å². The van der Waals surface area contributed by atoms with Crippen LogP contribution in [0.5, 0.6) is 5.88 Å². The van der Waals surface area contributed by atoms with Gasteiger partial charge in [-0.2, -0.15) is 0 Å². The number of nitrogens with one attached hydrogen (secondary N) is 1. The molecule has 1 fully saturated rings. The second kappa shape index (κ2) is 9.92. The van der Waals surface area contributed by atoms with Gasteiger partial charge in [0.05, 0.1) is 25.0 Å². The Morgan fingerprint density at radius 1 is 1.14 bits per heavy atom. The van der Waals surface area contributed by atoms with E-state index >= 15 is 0 Å². The lowest BCUT2D eigenvalue weighted by Gasteiger charge is -2.28. The number of carbonyl (C=O) groups is 1. The molecule has 2 aliphatic heterocycles. The van der Waals surface area contributed by atoms with E-state index in [1.807, 2.05) is 43.1 Å². The van der Waals surface area contributed by atoms with Crippen LogP contribution >= 0.6 is 0 Å². The first-order chi connectivity index (χ1) is 17.4. The number of carbonyl (C=O) groups excluding carboxylic acids is 1. The number of fused-ring (bicyclic) bond motifs is 1. The number of ether oxygens (including phenoxy) is 1. The predicted molar refractivity (Wildman–Crippen MR) is 137 cm³/mol. The van der Waals surface area contributed by atoms with E-state index in [1.54, 1.807) is 17.2 Å². The molecule has 3 aromatic heterocycles. The van der Waals surface area contributed by atoms with Gasteiger partial charge >= 0.3 is 6.03 Å². The molecule has 0 saturated carbocycles.